The van der Waals surface area contributed by atoms with Crippen LogP contribution < -0.4 is 15.4 Å². The van der Waals surface area contributed by atoms with E-state index in [1.54, 1.807) is 7.11 Å². The molecule has 1 rings (SSSR count). The molecule has 0 aliphatic heterocycles. The average Bonchev–Trinajstić information content (AvgIpc) is 2.44. The number of ether oxygens (including phenoxy) is 2. The van der Waals surface area contributed by atoms with Crippen molar-refractivity contribution in [3.05, 3.63) is 30.3 Å². The van der Waals surface area contributed by atoms with Crippen molar-refractivity contribution in [2.24, 2.45) is 0 Å². The smallest absolute Gasteiger partial charge is 0.223 e. The van der Waals surface area contributed by atoms with Crippen LogP contribution in [0.2, 0.25) is 0 Å². The first-order chi connectivity index (χ1) is 9.33. The topological polar surface area (TPSA) is 59.6 Å². The first kappa shape index (κ1) is 15.5. The van der Waals surface area contributed by atoms with Crippen molar-refractivity contribution in [1.29, 1.82) is 0 Å². The van der Waals surface area contributed by atoms with Gasteiger partial charge in [0, 0.05) is 26.7 Å². The molecule has 0 bridgehead atoms. The van der Waals surface area contributed by atoms with Crippen LogP contribution in [-0.4, -0.2) is 45.9 Å². The number of hydrogen-bond donors (Lipinski definition) is 2. The predicted octanol–water partition coefficient (Wildman–Crippen LogP) is 0.808. The number of methoxy groups -OCH3 is 1. The Hall–Kier alpha value is -1.59. The minimum atomic E-state index is 0.00414. The molecule has 0 saturated carbocycles. The van der Waals surface area contributed by atoms with E-state index in [0.717, 1.165) is 18.8 Å². The molecule has 0 aromatic heterocycles. The van der Waals surface area contributed by atoms with E-state index in [9.17, 15) is 4.79 Å². The van der Waals surface area contributed by atoms with E-state index in [1.165, 1.54) is 0 Å². The van der Waals surface area contributed by atoms with Gasteiger partial charge >= 0.3 is 0 Å². The average molecular weight is 266 g/mol. The van der Waals surface area contributed by atoms with Crippen LogP contribution in [0.3, 0.4) is 0 Å². The molecule has 5 nitrogen and oxygen atoms in total. The first-order valence-electron chi connectivity index (χ1n) is 6.47. The lowest BCUT2D eigenvalue weighted by Crippen LogP contribution is -2.33. The van der Waals surface area contributed by atoms with Gasteiger partial charge in [-0.3, -0.25) is 4.79 Å². The number of hydrogen-bond acceptors (Lipinski definition) is 4. The largest absolute Gasteiger partial charge is 0.493 e. The summed E-state index contributed by atoms with van der Waals surface area (Å²) in [5.41, 5.74) is 0. The van der Waals surface area contributed by atoms with E-state index >= 15 is 0 Å². The van der Waals surface area contributed by atoms with Crippen LogP contribution >= 0.6 is 0 Å². The number of para-hydroxylation sites is 1. The highest BCUT2D eigenvalue weighted by molar-refractivity contribution is 5.75. The van der Waals surface area contributed by atoms with Crippen LogP contribution in [-0.2, 0) is 9.53 Å². The SMILES string of the molecule is COCCNCCNC(=O)CCOc1ccccc1. The summed E-state index contributed by atoms with van der Waals surface area (Å²) < 4.78 is 10.3. The third-order valence-corrected chi connectivity index (χ3v) is 2.45. The maximum atomic E-state index is 11.5. The molecule has 2 N–H and O–H groups in total. The van der Waals surface area contributed by atoms with E-state index in [4.69, 9.17) is 9.47 Å². The van der Waals surface area contributed by atoms with Crippen molar-refractivity contribution in [1.82, 2.24) is 10.6 Å². The Morgan fingerprint density at radius 1 is 1.11 bits per heavy atom. The second-order valence-electron chi connectivity index (χ2n) is 4.00. The highest BCUT2D eigenvalue weighted by Crippen LogP contribution is 2.08. The van der Waals surface area contributed by atoms with Gasteiger partial charge < -0.3 is 20.1 Å². The summed E-state index contributed by atoms with van der Waals surface area (Å²) in [6, 6.07) is 9.48. The van der Waals surface area contributed by atoms with Crippen LogP contribution in [0.25, 0.3) is 0 Å². The highest BCUT2D eigenvalue weighted by Gasteiger charge is 2.00. The van der Waals surface area contributed by atoms with Crippen LogP contribution in [0, 0.1) is 0 Å². The number of benzene rings is 1. The monoisotopic (exact) mass is 266 g/mol. The highest BCUT2D eigenvalue weighted by atomic mass is 16.5. The van der Waals surface area contributed by atoms with Gasteiger partial charge in [-0.05, 0) is 12.1 Å². The normalized spacial score (nSPS) is 10.2. The summed E-state index contributed by atoms with van der Waals surface area (Å²) >= 11 is 0. The third-order valence-electron chi connectivity index (χ3n) is 2.45. The lowest BCUT2D eigenvalue weighted by atomic mass is 10.3. The van der Waals surface area contributed by atoms with Crippen LogP contribution in [0.15, 0.2) is 30.3 Å². The molecule has 0 saturated heterocycles. The second-order valence-corrected chi connectivity index (χ2v) is 4.00. The Morgan fingerprint density at radius 3 is 2.63 bits per heavy atom. The van der Waals surface area contributed by atoms with Gasteiger partial charge in [0.25, 0.3) is 0 Å². The van der Waals surface area contributed by atoms with Gasteiger partial charge in [0.15, 0.2) is 0 Å². The standard InChI is InChI=1S/C14H22N2O3/c1-18-12-10-15-8-9-16-14(17)7-11-19-13-5-3-2-4-6-13/h2-6,15H,7-12H2,1H3,(H,16,17). The molecular weight excluding hydrogens is 244 g/mol. The summed E-state index contributed by atoms with van der Waals surface area (Å²) in [6.07, 6.45) is 0.368. The van der Waals surface area contributed by atoms with Crippen molar-refractivity contribution >= 4 is 5.91 Å². The zero-order valence-corrected chi connectivity index (χ0v) is 11.4. The van der Waals surface area contributed by atoms with Crippen molar-refractivity contribution in [3.8, 4) is 5.75 Å². The maximum absolute atomic E-state index is 11.5. The van der Waals surface area contributed by atoms with E-state index in [0.29, 0.717) is 26.2 Å². The number of rotatable bonds is 10. The molecule has 0 spiro atoms. The summed E-state index contributed by atoms with van der Waals surface area (Å²) in [5.74, 6) is 0.793. The molecule has 0 fully saturated rings. The molecule has 0 aliphatic rings. The fourth-order valence-electron chi connectivity index (χ4n) is 1.46. The van der Waals surface area contributed by atoms with E-state index in [1.807, 2.05) is 30.3 Å². The van der Waals surface area contributed by atoms with E-state index < -0.39 is 0 Å². The lowest BCUT2D eigenvalue weighted by Gasteiger charge is -2.08. The predicted molar refractivity (Wildman–Crippen MR) is 74.3 cm³/mol. The van der Waals surface area contributed by atoms with E-state index in [2.05, 4.69) is 10.6 Å². The molecule has 0 unspecified atom stereocenters. The zero-order valence-electron chi connectivity index (χ0n) is 11.4. The van der Waals surface area contributed by atoms with Crippen molar-refractivity contribution < 1.29 is 14.3 Å². The molecular formula is C14H22N2O3. The van der Waals surface area contributed by atoms with Crippen molar-refractivity contribution in [3.63, 3.8) is 0 Å². The molecule has 0 heterocycles. The third kappa shape index (κ3) is 8.18. The molecule has 1 amide bonds. The number of carbonyl (C=O) groups is 1. The Labute approximate surface area is 114 Å². The molecule has 0 atom stereocenters. The Balaban J connectivity index is 1.96. The first-order valence-corrected chi connectivity index (χ1v) is 6.47. The molecule has 1 aromatic rings. The molecule has 19 heavy (non-hydrogen) atoms. The molecule has 0 radical (unpaired) electrons. The van der Waals surface area contributed by atoms with Crippen LogP contribution in [0.5, 0.6) is 5.75 Å². The Morgan fingerprint density at radius 2 is 1.89 bits per heavy atom. The molecule has 1 aromatic carbocycles. The Bertz CT molecular complexity index is 344. The summed E-state index contributed by atoms with van der Waals surface area (Å²) in [4.78, 5) is 11.5. The van der Waals surface area contributed by atoms with Crippen molar-refractivity contribution in [2.45, 2.75) is 6.42 Å². The molecule has 106 valence electrons. The number of amides is 1. The van der Waals surface area contributed by atoms with Crippen LogP contribution in [0.4, 0.5) is 0 Å². The summed E-state index contributed by atoms with van der Waals surface area (Å²) in [5, 5.41) is 5.98. The van der Waals surface area contributed by atoms with Gasteiger partial charge in [-0.2, -0.15) is 0 Å². The second kappa shape index (κ2) is 10.3. The summed E-state index contributed by atoms with van der Waals surface area (Å²) in [7, 11) is 1.66. The Kier molecular flexibility index (Phi) is 8.42. The van der Waals surface area contributed by atoms with E-state index in [-0.39, 0.29) is 5.91 Å². The number of nitrogens with one attached hydrogen (secondary N) is 2. The van der Waals surface area contributed by atoms with Crippen molar-refractivity contribution in [2.75, 3.05) is 40.0 Å². The van der Waals surface area contributed by atoms with Gasteiger partial charge in [-0.25, -0.2) is 0 Å². The van der Waals surface area contributed by atoms with Crippen LogP contribution in [0.1, 0.15) is 6.42 Å². The lowest BCUT2D eigenvalue weighted by molar-refractivity contribution is -0.121. The van der Waals surface area contributed by atoms with Gasteiger partial charge in [-0.1, -0.05) is 18.2 Å². The fourth-order valence-corrected chi connectivity index (χ4v) is 1.46. The quantitative estimate of drug-likeness (QED) is 0.615. The van der Waals surface area contributed by atoms with Gasteiger partial charge in [0.05, 0.1) is 19.6 Å². The van der Waals surface area contributed by atoms with Gasteiger partial charge in [0.2, 0.25) is 5.91 Å². The summed E-state index contributed by atoms with van der Waals surface area (Å²) in [6.45, 7) is 3.23. The molecule has 5 heteroatoms. The van der Waals surface area contributed by atoms with Gasteiger partial charge in [-0.15, -0.1) is 0 Å². The minimum Gasteiger partial charge on any atom is -0.493 e. The molecule has 0 aliphatic carbocycles. The fraction of sp³-hybridized carbons (Fsp3) is 0.500. The maximum Gasteiger partial charge on any atom is 0.223 e. The minimum absolute atomic E-state index is 0.00414. The van der Waals surface area contributed by atoms with Gasteiger partial charge in [0.1, 0.15) is 5.75 Å². The number of carbonyl (C=O) groups excluding carboxylic acids is 1. The zero-order chi connectivity index (χ0) is 13.8.